The molecule has 1 aromatic carbocycles. The van der Waals surface area contributed by atoms with E-state index in [2.05, 4.69) is 18.3 Å². The molecule has 1 N–H and O–H groups in total. The van der Waals surface area contributed by atoms with E-state index < -0.39 is 5.54 Å². The predicted molar refractivity (Wildman–Crippen MR) is 74.5 cm³/mol. The van der Waals surface area contributed by atoms with Gasteiger partial charge in [0.2, 0.25) is 0 Å². The molecule has 1 rings (SSSR count). The van der Waals surface area contributed by atoms with Crippen molar-refractivity contribution >= 4 is 23.4 Å². The first-order chi connectivity index (χ1) is 7.99. The summed E-state index contributed by atoms with van der Waals surface area (Å²) in [6, 6.07) is 10.1. The van der Waals surface area contributed by atoms with Gasteiger partial charge in [0.15, 0.2) is 0 Å². The fraction of sp³-hybridized carbons (Fsp3) is 0.462. The van der Waals surface area contributed by atoms with Gasteiger partial charge in [-0.1, -0.05) is 18.5 Å². The number of hydrogen-bond acceptors (Lipinski definition) is 3. The number of nitriles is 1. The average molecular weight is 269 g/mol. The topological polar surface area (TPSA) is 35.8 Å². The van der Waals surface area contributed by atoms with Crippen molar-refractivity contribution in [2.75, 3.05) is 7.05 Å². The van der Waals surface area contributed by atoms with Gasteiger partial charge >= 0.3 is 0 Å². The second-order valence-electron chi connectivity index (χ2n) is 4.28. The highest BCUT2D eigenvalue weighted by atomic mass is 35.5. The minimum Gasteiger partial charge on any atom is -0.303 e. The molecule has 1 aromatic rings. The standard InChI is InChI=1S/C13H17ClN2S/c1-10(8-13(2,9-15)16-3)17-12-6-4-11(14)5-7-12/h4-7,10,16H,8H2,1-3H3. The molecule has 2 unspecified atom stereocenters. The zero-order valence-electron chi connectivity index (χ0n) is 10.3. The molecule has 0 aliphatic rings. The Morgan fingerprint density at radius 3 is 2.53 bits per heavy atom. The lowest BCUT2D eigenvalue weighted by atomic mass is 9.98. The van der Waals surface area contributed by atoms with Crippen LogP contribution in [0.4, 0.5) is 0 Å². The van der Waals surface area contributed by atoms with Crippen molar-refractivity contribution in [1.82, 2.24) is 5.32 Å². The van der Waals surface area contributed by atoms with Crippen molar-refractivity contribution in [2.45, 2.75) is 36.0 Å². The molecule has 0 amide bonds. The quantitative estimate of drug-likeness (QED) is 0.827. The van der Waals surface area contributed by atoms with Crippen LogP contribution in [0.3, 0.4) is 0 Å². The first kappa shape index (κ1) is 14.4. The van der Waals surface area contributed by atoms with Crippen molar-refractivity contribution in [2.24, 2.45) is 0 Å². The first-order valence-corrected chi connectivity index (χ1v) is 6.77. The van der Waals surface area contributed by atoms with Crippen LogP contribution in [0.5, 0.6) is 0 Å². The fourth-order valence-corrected chi connectivity index (χ4v) is 2.87. The summed E-state index contributed by atoms with van der Waals surface area (Å²) < 4.78 is 0. The summed E-state index contributed by atoms with van der Waals surface area (Å²) in [5.74, 6) is 0. The Hall–Kier alpha value is -0.690. The summed E-state index contributed by atoms with van der Waals surface area (Å²) in [4.78, 5) is 1.18. The highest BCUT2D eigenvalue weighted by Gasteiger charge is 2.24. The second kappa shape index (κ2) is 6.30. The maximum atomic E-state index is 9.10. The highest BCUT2D eigenvalue weighted by Crippen LogP contribution is 2.29. The van der Waals surface area contributed by atoms with Crippen molar-refractivity contribution in [3.63, 3.8) is 0 Å². The highest BCUT2D eigenvalue weighted by molar-refractivity contribution is 7.99. The Kier molecular flexibility index (Phi) is 5.32. The lowest BCUT2D eigenvalue weighted by Crippen LogP contribution is -2.40. The van der Waals surface area contributed by atoms with Crippen molar-refractivity contribution in [3.05, 3.63) is 29.3 Å². The molecule has 0 saturated heterocycles. The minimum absolute atomic E-state index is 0.369. The zero-order valence-corrected chi connectivity index (χ0v) is 11.9. The third kappa shape index (κ3) is 4.59. The molecule has 0 radical (unpaired) electrons. The largest absolute Gasteiger partial charge is 0.303 e. The monoisotopic (exact) mass is 268 g/mol. The van der Waals surface area contributed by atoms with E-state index in [4.69, 9.17) is 16.9 Å². The zero-order chi connectivity index (χ0) is 12.9. The summed E-state index contributed by atoms with van der Waals surface area (Å²) in [6.45, 7) is 4.05. The summed E-state index contributed by atoms with van der Waals surface area (Å²) in [5, 5.41) is 13.3. The molecule has 0 aromatic heterocycles. The Bertz CT molecular complexity index is 399. The van der Waals surface area contributed by atoms with Gasteiger partial charge in [0.05, 0.1) is 6.07 Å². The number of thioether (sulfide) groups is 1. The molecule has 4 heteroatoms. The van der Waals surface area contributed by atoms with Crippen LogP contribution in [-0.2, 0) is 0 Å². The van der Waals surface area contributed by atoms with Crippen LogP contribution in [0.2, 0.25) is 5.02 Å². The smallest absolute Gasteiger partial charge is 0.104 e. The summed E-state index contributed by atoms with van der Waals surface area (Å²) in [7, 11) is 1.82. The van der Waals surface area contributed by atoms with E-state index in [1.165, 1.54) is 4.90 Å². The SMILES string of the molecule is CNC(C)(C#N)CC(C)Sc1ccc(Cl)cc1. The lowest BCUT2D eigenvalue weighted by Gasteiger charge is -2.24. The Labute approximate surface area is 112 Å². The molecule has 17 heavy (non-hydrogen) atoms. The lowest BCUT2D eigenvalue weighted by molar-refractivity contribution is 0.455. The van der Waals surface area contributed by atoms with Crippen molar-refractivity contribution in [1.29, 1.82) is 5.26 Å². The van der Waals surface area contributed by atoms with Gasteiger partial charge < -0.3 is 5.32 Å². The predicted octanol–water partition coefficient (Wildman–Crippen LogP) is 3.71. The Morgan fingerprint density at radius 2 is 2.06 bits per heavy atom. The van der Waals surface area contributed by atoms with Crippen molar-refractivity contribution < 1.29 is 0 Å². The van der Waals surface area contributed by atoms with Gasteiger partial charge in [-0.25, -0.2) is 0 Å². The van der Waals surface area contributed by atoms with E-state index in [0.717, 1.165) is 11.4 Å². The molecule has 0 aliphatic carbocycles. The second-order valence-corrected chi connectivity index (χ2v) is 6.23. The van der Waals surface area contributed by atoms with Gasteiger partial charge in [0.25, 0.3) is 0 Å². The number of nitrogens with zero attached hydrogens (tertiary/aromatic N) is 1. The van der Waals surface area contributed by atoms with E-state index in [1.807, 2.05) is 38.2 Å². The molecule has 0 aliphatic heterocycles. The van der Waals surface area contributed by atoms with E-state index in [9.17, 15) is 0 Å². The number of halogens is 1. The van der Waals surface area contributed by atoms with Gasteiger partial charge in [0, 0.05) is 15.2 Å². The van der Waals surface area contributed by atoms with E-state index in [1.54, 1.807) is 11.8 Å². The summed E-state index contributed by atoms with van der Waals surface area (Å²) >= 11 is 7.60. The molecule has 0 bridgehead atoms. The van der Waals surface area contributed by atoms with Gasteiger partial charge in [-0.3, -0.25) is 0 Å². The number of benzene rings is 1. The molecule has 0 heterocycles. The number of hydrogen-bond donors (Lipinski definition) is 1. The van der Waals surface area contributed by atoms with E-state index in [-0.39, 0.29) is 0 Å². The maximum Gasteiger partial charge on any atom is 0.104 e. The van der Waals surface area contributed by atoms with Crippen LogP contribution >= 0.6 is 23.4 Å². The van der Waals surface area contributed by atoms with E-state index >= 15 is 0 Å². The summed E-state index contributed by atoms with van der Waals surface area (Å²) in [6.07, 6.45) is 0.799. The van der Waals surface area contributed by atoms with Gasteiger partial charge in [-0.15, -0.1) is 11.8 Å². The number of rotatable bonds is 5. The third-order valence-electron chi connectivity index (χ3n) is 2.65. The van der Waals surface area contributed by atoms with Crippen LogP contribution in [0.25, 0.3) is 0 Å². The minimum atomic E-state index is -0.459. The molecule has 0 saturated carbocycles. The maximum absolute atomic E-state index is 9.10. The van der Waals surface area contributed by atoms with Crippen LogP contribution in [0.15, 0.2) is 29.2 Å². The molecule has 92 valence electrons. The Morgan fingerprint density at radius 1 is 1.47 bits per heavy atom. The molecule has 2 atom stereocenters. The molecule has 0 fully saturated rings. The normalized spacial score (nSPS) is 15.9. The first-order valence-electron chi connectivity index (χ1n) is 5.51. The van der Waals surface area contributed by atoms with Crippen LogP contribution in [-0.4, -0.2) is 17.8 Å². The fourth-order valence-electron chi connectivity index (χ4n) is 1.57. The van der Waals surface area contributed by atoms with Gasteiger partial charge in [0.1, 0.15) is 5.54 Å². The molecule has 0 spiro atoms. The average Bonchev–Trinajstić information content (AvgIpc) is 2.32. The summed E-state index contributed by atoms with van der Waals surface area (Å²) in [5.41, 5.74) is -0.459. The van der Waals surface area contributed by atoms with E-state index in [0.29, 0.717) is 5.25 Å². The molecule has 2 nitrogen and oxygen atoms in total. The number of nitrogens with one attached hydrogen (secondary N) is 1. The van der Waals surface area contributed by atoms with Crippen molar-refractivity contribution in [3.8, 4) is 6.07 Å². The Balaban J connectivity index is 2.58. The van der Waals surface area contributed by atoms with Gasteiger partial charge in [-0.05, 0) is 44.7 Å². The van der Waals surface area contributed by atoms with Gasteiger partial charge in [-0.2, -0.15) is 5.26 Å². The van der Waals surface area contributed by atoms with Crippen LogP contribution in [0.1, 0.15) is 20.3 Å². The van der Waals surface area contributed by atoms with Crippen LogP contribution in [0, 0.1) is 11.3 Å². The third-order valence-corrected chi connectivity index (χ3v) is 4.01. The van der Waals surface area contributed by atoms with Crippen LogP contribution < -0.4 is 5.32 Å². The molecular formula is C13H17ClN2S. The molecular weight excluding hydrogens is 252 g/mol.